The highest BCUT2D eigenvalue weighted by Gasteiger charge is 2.37. The molecule has 1 unspecified atom stereocenters. The number of carbonyl (C=O) groups excluding carboxylic acids is 1. The average molecular weight is 250 g/mol. The van der Waals surface area contributed by atoms with Crippen molar-refractivity contribution in [1.82, 2.24) is 9.47 Å². The number of rotatable bonds is 3. The summed E-state index contributed by atoms with van der Waals surface area (Å²) in [6.45, 7) is 4.72. The molecule has 1 fully saturated rings. The van der Waals surface area contributed by atoms with E-state index in [1.807, 2.05) is 30.7 Å². The van der Waals surface area contributed by atoms with Gasteiger partial charge < -0.3 is 14.6 Å². The minimum Gasteiger partial charge on any atom is -0.481 e. The van der Waals surface area contributed by atoms with E-state index in [9.17, 15) is 9.59 Å². The highest BCUT2D eigenvalue weighted by Crippen LogP contribution is 2.25. The van der Waals surface area contributed by atoms with E-state index in [1.54, 1.807) is 11.8 Å². The summed E-state index contributed by atoms with van der Waals surface area (Å²) < 4.78 is 1.86. The van der Waals surface area contributed by atoms with E-state index >= 15 is 0 Å². The molecule has 0 spiro atoms. The molecule has 1 N–H and O–H groups in total. The summed E-state index contributed by atoms with van der Waals surface area (Å²) in [7, 11) is 1.86. The smallest absolute Gasteiger partial charge is 0.306 e. The molecule has 2 heterocycles. The SMILES string of the molecule is Cc1ccc(C(=O)N2CC(C(C)C(=O)O)C2)n1C. The summed E-state index contributed by atoms with van der Waals surface area (Å²) in [6.07, 6.45) is 0. The average Bonchev–Trinajstić information content (AvgIpc) is 2.57. The number of hydrogen-bond donors (Lipinski definition) is 1. The van der Waals surface area contributed by atoms with E-state index in [-0.39, 0.29) is 17.7 Å². The fraction of sp³-hybridized carbons (Fsp3) is 0.538. The van der Waals surface area contributed by atoms with Gasteiger partial charge in [0.25, 0.3) is 5.91 Å². The maximum atomic E-state index is 12.2. The van der Waals surface area contributed by atoms with E-state index in [1.165, 1.54) is 0 Å². The van der Waals surface area contributed by atoms with Gasteiger partial charge in [0.15, 0.2) is 0 Å². The minimum atomic E-state index is -0.790. The van der Waals surface area contributed by atoms with Crippen molar-refractivity contribution in [2.45, 2.75) is 13.8 Å². The number of hydrogen-bond acceptors (Lipinski definition) is 2. The van der Waals surface area contributed by atoms with Gasteiger partial charge in [-0.25, -0.2) is 0 Å². The number of likely N-dealkylation sites (tertiary alicyclic amines) is 1. The van der Waals surface area contributed by atoms with Crippen LogP contribution in [0.4, 0.5) is 0 Å². The lowest BCUT2D eigenvalue weighted by Crippen LogP contribution is -2.53. The Balaban J connectivity index is 1.99. The van der Waals surface area contributed by atoms with Crippen LogP contribution in [0.2, 0.25) is 0 Å². The number of carboxylic acid groups (broad SMARTS) is 1. The molecule has 1 aliphatic heterocycles. The summed E-state index contributed by atoms with van der Waals surface area (Å²) in [5.41, 5.74) is 1.70. The number of aryl methyl sites for hydroxylation is 1. The molecule has 0 aliphatic carbocycles. The Morgan fingerprint density at radius 3 is 2.44 bits per heavy atom. The molecule has 5 nitrogen and oxygen atoms in total. The van der Waals surface area contributed by atoms with Crippen molar-refractivity contribution >= 4 is 11.9 Å². The Bertz CT molecular complexity index is 486. The number of aliphatic carboxylic acids is 1. The third-order valence-electron chi connectivity index (χ3n) is 3.89. The van der Waals surface area contributed by atoms with Gasteiger partial charge in [-0.3, -0.25) is 9.59 Å². The van der Waals surface area contributed by atoms with Gasteiger partial charge in [-0.1, -0.05) is 6.92 Å². The van der Waals surface area contributed by atoms with E-state index in [0.29, 0.717) is 18.8 Å². The van der Waals surface area contributed by atoms with Crippen molar-refractivity contribution in [3.05, 3.63) is 23.5 Å². The van der Waals surface area contributed by atoms with Crippen LogP contribution in [-0.2, 0) is 11.8 Å². The van der Waals surface area contributed by atoms with E-state index < -0.39 is 5.97 Å². The predicted molar refractivity (Wildman–Crippen MR) is 66.3 cm³/mol. The molecule has 98 valence electrons. The molecule has 1 aromatic heterocycles. The number of aromatic nitrogens is 1. The summed E-state index contributed by atoms with van der Waals surface area (Å²) in [5.74, 6) is -1.11. The van der Waals surface area contributed by atoms with Crippen LogP contribution >= 0.6 is 0 Å². The largest absolute Gasteiger partial charge is 0.481 e. The van der Waals surface area contributed by atoms with E-state index in [4.69, 9.17) is 5.11 Å². The highest BCUT2D eigenvalue weighted by molar-refractivity contribution is 5.93. The first kappa shape index (κ1) is 12.7. The van der Waals surface area contributed by atoms with Crippen molar-refractivity contribution in [1.29, 1.82) is 0 Å². The minimum absolute atomic E-state index is 0.0144. The van der Waals surface area contributed by atoms with Gasteiger partial charge >= 0.3 is 5.97 Å². The van der Waals surface area contributed by atoms with E-state index in [2.05, 4.69) is 0 Å². The number of nitrogens with zero attached hydrogens (tertiary/aromatic N) is 2. The lowest BCUT2D eigenvalue weighted by molar-refractivity contribution is -0.144. The fourth-order valence-electron chi connectivity index (χ4n) is 2.19. The second-order valence-corrected chi connectivity index (χ2v) is 5.02. The monoisotopic (exact) mass is 250 g/mol. The zero-order valence-corrected chi connectivity index (χ0v) is 10.9. The molecule has 1 atom stereocenters. The molecule has 1 amide bonds. The molecular formula is C13H18N2O3. The number of carbonyl (C=O) groups is 2. The van der Waals surface area contributed by atoms with Gasteiger partial charge in [0.1, 0.15) is 5.69 Å². The summed E-state index contributed by atoms with van der Waals surface area (Å²) in [5, 5.41) is 8.90. The van der Waals surface area contributed by atoms with Crippen LogP contribution in [0.5, 0.6) is 0 Å². The molecule has 1 saturated heterocycles. The normalized spacial score (nSPS) is 17.4. The van der Waals surface area contributed by atoms with Crippen LogP contribution in [0, 0.1) is 18.8 Å². The Morgan fingerprint density at radius 2 is 2.00 bits per heavy atom. The van der Waals surface area contributed by atoms with Crippen LogP contribution in [0.25, 0.3) is 0 Å². The van der Waals surface area contributed by atoms with Crippen LogP contribution in [0.15, 0.2) is 12.1 Å². The molecule has 0 saturated carbocycles. The van der Waals surface area contributed by atoms with Crippen molar-refractivity contribution in [2.75, 3.05) is 13.1 Å². The van der Waals surface area contributed by atoms with Gasteiger partial charge in [0, 0.05) is 31.7 Å². The number of amides is 1. The summed E-state index contributed by atoms with van der Waals surface area (Å²) >= 11 is 0. The number of carboxylic acids is 1. The zero-order valence-electron chi connectivity index (χ0n) is 10.9. The topological polar surface area (TPSA) is 62.5 Å². The van der Waals surface area contributed by atoms with Gasteiger partial charge in [-0.05, 0) is 19.1 Å². The van der Waals surface area contributed by atoms with Crippen LogP contribution in [-0.4, -0.2) is 39.5 Å². The Morgan fingerprint density at radius 1 is 1.39 bits per heavy atom. The van der Waals surface area contributed by atoms with Crippen LogP contribution in [0.1, 0.15) is 23.1 Å². The van der Waals surface area contributed by atoms with Crippen molar-refractivity contribution in [2.24, 2.45) is 18.9 Å². The first-order chi connectivity index (χ1) is 8.41. The first-order valence-electron chi connectivity index (χ1n) is 6.06. The summed E-state index contributed by atoms with van der Waals surface area (Å²) in [6, 6.07) is 3.72. The molecule has 1 aromatic rings. The third-order valence-corrected chi connectivity index (χ3v) is 3.89. The molecule has 0 aromatic carbocycles. The Kier molecular flexibility index (Phi) is 3.15. The lowest BCUT2D eigenvalue weighted by Gasteiger charge is -2.41. The summed E-state index contributed by atoms with van der Waals surface area (Å²) in [4.78, 5) is 24.7. The standard InChI is InChI=1S/C13H18N2O3/c1-8-4-5-11(14(8)3)12(16)15-6-10(7-15)9(2)13(17)18/h4-5,9-10H,6-7H2,1-3H3,(H,17,18). The molecular weight excluding hydrogens is 232 g/mol. The molecule has 5 heteroatoms. The molecule has 18 heavy (non-hydrogen) atoms. The first-order valence-corrected chi connectivity index (χ1v) is 6.06. The van der Waals surface area contributed by atoms with Crippen LogP contribution in [0.3, 0.4) is 0 Å². The third kappa shape index (κ3) is 2.00. The fourth-order valence-corrected chi connectivity index (χ4v) is 2.19. The van der Waals surface area contributed by atoms with Gasteiger partial charge in [-0.2, -0.15) is 0 Å². The van der Waals surface area contributed by atoms with Gasteiger partial charge in [-0.15, -0.1) is 0 Å². The van der Waals surface area contributed by atoms with Crippen LogP contribution < -0.4 is 0 Å². The van der Waals surface area contributed by atoms with Crippen molar-refractivity contribution < 1.29 is 14.7 Å². The van der Waals surface area contributed by atoms with Gasteiger partial charge in [0.05, 0.1) is 5.92 Å². The second kappa shape index (κ2) is 4.48. The van der Waals surface area contributed by atoms with Crippen molar-refractivity contribution in [3.63, 3.8) is 0 Å². The quantitative estimate of drug-likeness (QED) is 0.874. The predicted octanol–water partition coefficient (Wildman–Crippen LogP) is 1.13. The zero-order chi connectivity index (χ0) is 13.4. The second-order valence-electron chi connectivity index (χ2n) is 5.02. The molecule has 1 aliphatic rings. The van der Waals surface area contributed by atoms with E-state index in [0.717, 1.165) is 5.69 Å². The molecule has 0 radical (unpaired) electrons. The Hall–Kier alpha value is -1.78. The lowest BCUT2D eigenvalue weighted by atomic mass is 9.87. The molecule has 0 bridgehead atoms. The van der Waals surface area contributed by atoms with Gasteiger partial charge in [0.2, 0.25) is 0 Å². The highest BCUT2D eigenvalue weighted by atomic mass is 16.4. The maximum absolute atomic E-state index is 12.2. The van der Waals surface area contributed by atoms with Crippen molar-refractivity contribution in [3.8, 4) is 0 Å². The maximum Gasteiger partial charge on any atom is 0.306 e. The molecule has 2 rings (SSSR count). The Labute approximate surface area is 106 Å².